The first kappa shape index (κ1) is 7.20. The highest BCUT2D eigenvalue weighted by molar-refractivity contribution is 6.12. The van der Waals surface area contributed by atoms with Gasteiger partial charge in [-0.3, -0.25) is 0 Å². The number of hydrogen-bond acceptors (Lipinski definition) is 1. The fourth-order valence-electron chi connectivity index (χ4n) is 0.868. The van der Waals surface area contributed by atoms with Gasteiger partial charge in [0.1, 0.15) is 7.85 Å². The minimum atomic E-state index is 0.516. The second kappa shape index (κ2) is 3.30. The minimum absolute atomic E-state index is 0.516. The summed E-state index contributed by atoms with van der Waals surface area (Å²) in [5.41, 5.74) is 1.19. The molecular formula is C8H12BN. The molecule has 2 heteroatoms. The van der Waals surface area contributed by atoms with E-state index in [2.05, 4.69) is 32.2 Å². The Balaban J connectivity index is 2.59. The van der Waals surface area contributed by atoms with Crippen LogP contribution >= 0.6 is 0 Å². The minimum Gasteiger partial charge on any atom is -0.391 e. The van der Waals surface area contributed by atoms with E-state index in [-0.39, 0.29) is 0 Å². The molecule has 0 aromatic heterocycles. The zero-order valence-electron chi connectivity index (χ0n) is 6.46. The van der Waals surface area contributed by atoms with Gasteiger partial charge in [-0.1, -0.05) is 25.1 Å². The first-order chi connectivity index (χ1) is 4.79. The Morgan fingerprint density at radius 3 is 2.40 bits per heavy atom. The fourth-order valence-corrected chi connectivity index (χ4v) is 0.868. The third kappa shape index (κ3) is 2.13. The molecule has 1 N–H and O–H groups in total. The van der Waals surface area contributed by atoms with Crippen LogP contribution in [0.1, 0.15) is 6.92 Å². The van der Waals surface area contributed by atoms with Gasteiger partial charge in [0.05, 0.1) is 0 Å². The van der Waals surface area contributed by atoms with Gasteiger partial charge in [0, 0.05) is 5.69 Å². The van der Waals surface area contributed by atoms with Gasteiger partial charge in [-0.05, 0) is 18.1 Å². The molecule has 0 saturated carbocycles. The lowest BCUT2D eigenvalue weighted by atomic mass is 9.99. The van der Waals surface area contributed by atoms with Gasteiger partial charge in [-0.2, -0.15) is 0 Å². The van der Waals surface area contributed by atoms with Crippen molar-refractivity contribution in [3.05, 3.63) is 30.3 Å². The molecule has 0 radical (unpaired) electrons. The van der Waals surface area contributed by atoms with Crippen molar-refractivity contribution in [1.82, 2.24) is 0 Å². The summed E-state index contributed by atoms with van der Waals surface area (Å²) in [5, 5.41) is 3.30. The lowest BCUT2D eigenvalue weighted by molar-refractivity contribution is 1.11. The van der Waals surface area contributed by atoms with Crippen LogP contribution in [0.4, 0.5) is 5.69 Å². The molecule has 1 aromatic carbocycles. The molecule has 0 fully saturated rings. The zero-order valence-corrected chi connectivity index (χ0v) is 6.46. The quantitative estimate of drug-likeness (QED) is 0.595. The summed E-state index contributed by atoms with van der Waals surface area (Å²) >= 11 is 0. The van der Waals surface area contributed by atoms with E-state index in [0.717, 1.165) is 0 Å². The molecule has 0 aliphatic carbocycles. The van der Waals surface area contributed by atoms with Crippen molar-refractivity contribution in [2.24, 2.45) is 0 Å². The van der Waals surface area contributed by atoms with E-state index in [9.17, 15) is 0 Å². The predicted molar refractivity (Wildman–Crippen MR) is 48.1 cm³/mol. The molecule has 1 rings (SSSR count). The van der Waals surface area contributed by atoms with E-state index in [1.165, 1.54) is 5.69 Å². The summed E-state index contributed by atoms with van der Waals surface area (Å²) in [6, 6.07) is 10.2. The van der Waals surface area contributed by atoms with Crippen LogP contribution in [0.25, 0.3) is 0 Å². The smallest absolute Gasteiger partial charge is 0.130 e. The summed E-state index contributed by atoms with van der Waals surface area (Å²) in [5.74, 6) is 0.516. The number of rotatable bonds is 2. The highest BCUT2D eigenvalue weighted by Gasteiger charge is 1.90. The molecule has 0 bridgehead atoms. The van der Waals surface area contributed by atoms with Gasteiger partial charge in [-0.25, -0.2) is 0 Å². The highest BCUT2D eigenvalue weighted by Crippen LogP contribution is 2.04. The van der Waals surface area contributed by atoms with Gasteiger partial charge in [0.15, 0.2) is 0 Å². The first-order valence-corrected chi connectivity index (χ1v) is 3.60. The van der Waals surface area contributed by atoms with Crippen molar-refractivity contribution < 1.29 is 0 Å². The largest absolute Gasteiger partial charge is 0.391 e. The zero-order chi connectivity index (χ0) is 7.40. The van der Waals surface area contributed by atoms with Crippen LogP contribution in [-0.4, -0.2) is 13.8 Å². The summed E-state index contributed by atoms with van der Waals surface area (Å²) < 4.78 is 0. The third-order valence-electron chi connectivity index (χ3n) is 1.23. The van der Waals surface area contributed by atoms with Gasteiger partial charge < -0.3 is 5.32 Å². The monoisotopic (exact) mass is 133 g/mol. The van der Waals surface area contributed by atoms with Crippen molar-refractivity contribution >= 4 is 13.5 Å². The Bertz CT molecular complexity index is 184. The summed E-state index contributed by atoms with van der Waals surface area (Å²) in [6.07, 6.45) is 0. The summed E-state index contributed by atoms with van der Waals surface area (Å²) in [7, 11) is 2.13. The lowest BCUT2D eigenvalue weighted by Gasteiger charge is -2.08. The summed E-state index contributed by atoms with van der Waals surface area (Å²) in [4.78, 5) is 0. The molecule has 1 nitrogen and oxygen atoms in total. The maximum absolute atomic E-state index is 3.30. The van der Waals surface area contributed by atoms with E-state index >= 15 is 0 Å². The normalized spacial score (nSPS) is 12.5. The molecule has 0 aliphatic rings. The Morgan fingerprint density at radius 2 is 1.90 bits per heavy atom. The van der Waals surface area contributed by atoms with Gasteiger partial charge in [0.2, 0.25) is 0 Å². The molecule has 1 atom stereocenters. The lowest BCUT2D eigenvalue weighted by Crippen LogP contribution is -2.13. The summed E-state index contributed by atoms with van der Waals surface area (Å²) in [6.45, 7) is 2.13. The Morgan fingerprint density at radius 1 is 1.30 bits per heavy atom. The molecule has 1 unspecified atom stereocenters. The third-order valence-corrected chi connectivity index (χ3v) is 1.23. The van der Waals surface area contributed by atoms with Crippen LogP contribution in [0.5, 0.6) is 0 Å². The standard InChI is InChI=1S/C8H12BN/c1-7(9)10-8-5-3-2-4-6-8/h2-7,10H,9H2,1H3. The average Bonchev–Trinajstić information content (AvgIpc) is 1.88. The Hall–Kier alpha value is -0.915. The molecule has 10 heavy (non-hydrogen) atoms. The van der Waals surface area contributed by atoms with Crippen molar-refractivity contribution in [2.75, 3.05) is 5.32 Å². The highest BCUT2D eigenvalue weighted by atomic mass is 14.9. The van der Waals surface area contributed by atoms with Gasteiger partial charge in [0.25, 0.3) is 0 Å². The number of nitrogens with one attached hydrogen (secondary N) is 1. The number of hydrogen-bond donors (Lipinski definition) is 1. The molecule has 0 saturated heterocycles. The van der Waals surface area contributed by atoms with Crippen molar-refractivity contribution in [3.8, 4) is 0 Å². The molecule has 0 spiro atoms. The van der Waals surface area contributed by atoms with Crippen LogP contribution in [0.3, 0.4) is 0 Å². The molecular weight excluding hydrogens is 121 g/mol. The maximum atomic E-state index is 3.30. The maximum Gasteiger partial charge on any atom is 0.130 e. The van der Waals surface area contributed by atoms with Crippen molar-refractivity contribution in [2.45, 2.75) is 12.9 Å². The van der Waals surface area contributed by atoms with E-state index in [4.69, 9.17) is 0 Å². The second-order valence-corrected chi connectivity index (χ2v) is 2.67. The van der Waals surface area contributed by atoms with Crippen molar-refractivity contribution in [1.29, 1.82) is 0 Å². The Labute approximate surface area is 62.9 Å². The Kier molecular flexibility index (Phi) is 2.38. The van der Waals surface area contributed by atoms with E-state index in [1.54, 1.807) is 0 Å². The topological polar surface area (TPSA) is 12.0 Å². The number of para-hydroxylation sites is 1. The van der Waals surface area contributed by atoms with E-state index in [0.29, 0.717) is 5.94 Å². The fraction of sp³-hybridized carbons (Fsp3) is 0.250. The van der Waals surface area contributed by atoms with Crippen LogP contribution in [0.15, 0.2) is 30.3 Å². The molecule has 0 heterocycles. The van der Waals surface area contributed by atoms with Crippen LogP contribution in [-0.2, 0) is 0 Å². The number of benzene rings is 1. The number of anilines is 1. The molecule has 1 aromatic rings. The predicted octanol–water partition coefficient (Wildman–Crippen LogP) is 1.08. The average molecular weight is 133 g/mol. The van der Waals surface area contributed by atoms with Gasteiger partial charge >= 0.3 is 0 Å². The second-order valence-electron chi connectivity index (χ2n) is 2.67. The van der Waals surface area contributed by atoms with Gasteiger partial charge in [-0.15, -0.1) is 0 Å². The SMILES string of the molecule is BC(C)Nc1ccccc1. The van der Waals surface area contributed by atoms with Crippen LogP contribution in [0, 0.1) is 0 Å². The first-order valence-electron chi connectivity index (χ1n) is 3.60. The molecule has 0 aliphatic heterocycles. The van der Waals surface area contributed by atoms with E-state index < -0.39 is 0 Å². The van der Waals surface area contributed by atoms with Crippen LogP contribution < -0.4 is 5.32 Å². The molecule has 52 valence electrons. The molecule has 0 amide bonds. The van der Waals surface area contributed by atoms with E-state index in [1.807, 2.05) is 18.2 Å². The van der Waals surface area contributed by atoms with Crippen LogP contribution in [0.2, 0.25) is 0 Å². The van der Waals surface area contributed by atoms with Crippen molar-refractivity contribution in [3.63, 3.8) is 0 Å².